The lowest BCUT2D eigenvalue weighted by molar-refractivity contribution is -0.161. The third-order valence-corrected chi connectivity index (χ3v) is 10.1. The summed E-state index contributed by atoms with van der Waals surface area (Å²) in [6, 6.07) is 6.70. The molecule has 1 aromatic carbocycles. The Kier molecular flexibility index (Phi) is 9.91. The average Bonchev–Trinajstić information content (AvgIpc) is 3.69. The number of anilines is 1. The Morgan fingerprint density at radius 3 is 2.62 bits per heavy atom. The molecule has 0 bridgehead atoms. The molecule has 6 rings (SSSR count). The van der Waals surface area contributed by atoms with Gasteiger partial charge < -0.3 is 33.6 Å². The van der Waals surface area contributed by atoms with Crippen molar-refractivity contribution in [3.63, 3.8) is 0 Å². The Hall–Kier alpha value is -3.48. The second kappa shape index (κ2) is 13.9. The lowest BCUT2D eigenvalue weighted by Crippen LogP contribution is -2.51. The van der Waals surface area contributed by atoms with Gasteiger partial charge in [-0.25, -0.2) is 15.0 Å². The van der Waals surface area contributed by atoms with Crippen molar-refractivity contribution in [1.82, 2.24) is 24.4 Å². The van der Waals surface area contributed by atoms with Gasteiger partial charge in [0.15, 0.2) is 17.3 Å². The molecule has 3 heterocycles. The Balaban J connectivity index is 1.17. The molecule has 4 atom stereocenters. The standard InChI is InChI=1S/C35H50N6O6/c1-8-45-29(42)12-9-22-13-25(14-22)40(21(2)3)18-24-15-27(32-31(24)46-35(4,5)47-32)41-20-39-30-33(37-19-38-34(30)41)36-17-23-10-11-26(43-6)16-28(23)44-7/h10-11,16,19-22,24-25,27,31-32H,8-9,12-15,17-18H2,1-7H3,(H,36,37,38)/t22?,24-,25?,27-,31-,32+/m1/s1. The maximum atomic E-state index is 11.9. The van der Waals surface area contributed by atoms with Gasteiger partial charge in [-0.3, -0.25) is 9.69 Å². The van der Waals surface area contributed by atoms with Crippen molar-refractivity contribution < 1.29 is 28.5 Å². The van der Waals surface area contributed by atoms with Crippen LogP contribution in [0.2, 0.25) is 0 Å². The van der Waals surface area contributed by atoms with Crippen molar-refractivity contribution in [2.24, 2.45) is 11.8 Å². The molecule has 2 saturated carbocycles. The number of aromatic nitrogens is 4. The monoisotopic (exact) mass is 650 g/mol. The van der Waals surface area contributed by atoms with Gasteiger partial charge in [-0.05, 0) is 78.4 Å². The van der Waals surface area contributed by atoms with Gasteiger partial charge in [-0.15, -0.1) is 0 Å². The third-order valence-electron chi connectivity index (χ3n) is 10.1. The summed E-state index contributed by atoms with van der Waals surface area (Å²) < 4.78 is 31.4. The highest BCUT2D eigenvalue weighted by atomic mass is 16.8. The van der Waals surface area contributed by atoms with Gasteiger partial charge in [0.1, 0.15) is 29.4 Å². The predicted molar refractivity (Wildman–Crippen MR) is 177 cm³/mol. The van der Waals surface area contributed by atoms with Crippen LogP contribution in [0.25, 0.3) is 11.2 Å². The summed E-state index contributed by atoms with van der Waals surface area (Å²) in [6.45, 7) is 12.3. The highest BCUT2D eigenvalue weighted by Crippen LogP contribution is 2.49. The SMILES string of the molecule is CCOC(=O)CCC1CC(N(C[C@H]2C[C@@H](n3cnc4c(NCc5ccc(OC)cc5OC)ncnc43)[C@@H]3OC(C)(C)O[C@H]23)C(C)C)C1. The second-order valence-corrected chi connectivity index (χ2v) is 13.8. The number of methoxy groups -OCH3 is 2. The van der Waals surface area contributed by atoms with Gasteiger partial charge in [0.25, 0.3) is 0 Å². The van der Waals surface area contributed by atoms with E-state index in [1.54, 1.807) is 20.5 Å². The number of ether oxygens (including phenoxy) is 5. The van der Waals surface area contributed by atoms with Crippen LogP contribution in [0.3, 0.4) is 0 Å². The minimum absolute atomic E-state index is 0.0222. The lowest BCUT2D eigenvalue weighted by atomic mass is 9.76. The summed E-state index contributed by atoms with van der Waals surface area (Å²) in [4.78, 5) is 28.5. The van der Waals surface area contributed by atoms with E-state index in [9.17, 15) is 4.79 Å². The molecule has 47 heavy (non-hydrogen) atoms. The highest BCUT2D eigenvalue weighted by molar-refractivity contribution is 5.82. The molecule has 0 spiro atoms. The number of nitrogens with one attached hydrogen (secondary N) is 1. The Morgan fingerprint density at radius 1 is 1.11 bits per heavy atom. The minimum atomic E-state index is -0.668. The van der Waals surface area contributed by atoms with Gasteiger partial charge in [-0.2, -0.15) is 0 Å². The zero-order valence-electron chi connectivity index (χ0n) is 28.8. The first kappa shape index (κ1) is 33.4. The third kappa shape index (κ3) is 7.05. The van der Waals surface area contributed by atoms with Crippen LogP contribution in [0.1, 0.15) is 78.3 Å². The molecule has 3 aromatic rings. The van der Waals surface area contributed by atoms with E-state index in [2.05, 4.69) is 33.6 Å². The molecule has 3 aliphatic rings. The summed E-state index contributed by atoms with van der Waals surface area (Å²) in [6.07, 6.45) is 7.86. The van der Waals surface area contributed by atoms with E-state index in [0.717, 1.165) is 54.9 Å². The molecule has 256 valence electrons. The molecule has 2 aromatic heterocycles. The van der Waals surface area contributed by atoms with Gasteiger partial charge in [0.05, 0.1) is 39.3 Å². The summed E-state index contributed by atoms with van der Waals surface area (Å²) >= 11 is 0. The normalized spacial score (nSPS) is 26.4. The fraction of sp³-hybridized carbons (Fsp3) is 0.657. The van der Waals surface area contributed by atoms with Crippen LogP contribution in [0, 0.1) is 11.8 Å². The zero-order valence-corrected chi connectivity index (χ0v) is 28.8. The first-order valence-corrected chi connectivity index (χ1v) is 17.0. The first-order valence-electron chi connectivity index (χ1n) is 17.0. The molecule has 0 radical (unpaired) electrons. The topological polar surface area (TPSA) is 122 Å². The summed E-state index contributed by atoms with van der Waals surface area (Å²) in [5.74, 6) is 2.24. The van der Waals surface area contributed by atoms with Gasteiger partial charge in [-0.1, -0.05) is 0 Å². The minimum Gasteiger partial charge on any atom is -0.497 e. The molecule has 1 aliphatic heterocycles. The highest BCUT2D eigenvalue weighted by Gasteiger charge is 2.55. The number of fused-ring (bicyclic) bond motifs is 2. The quantitative estimate of drug-likeness (QED) is 0.227. The van der Waals surface area contributed by atoms with E-state index in [4.69, 9.17) is 33.7 Å². The van der Waals surface area contributed by atoms with Crippen molar-refractivity contribution in [1.29, 1.82) is 0 Å². The van der Waals surface area contributed by atoms with E-state index in [1.165, 1.54) is 0 Å². The number of nitrogens with zero attached hydrogens (tertiary/aromatic N) is 5. The first-order chi connectivity index (χ1) is 22.6. The molecule has 1 N–H and O–H groups in total. The summed E-state index contributed by atoms with van der Waals surface area (Å²) in [5.41, 5.74) is 2.46. The van der Waals surface area contributed by atoms with Crippen molar-refractivity contribution >= 4 is 23.0 Å². The van der Waals surface area contributed by atoms with Crippen LogP contribution in [-0.2, 0) is 25.5 Å². The Bertz CT molecular complexity index is 1540. The number of hydrogen-bond acceptors (Lipinski definition) is 11. The van der Waals surface area contributed by atoms with E-state index in [0.29, 0.717) is 48.9 Å². The average molecular weight is 651 g/mol. The maximum absolute atomic E-state index is 11.9. The number of carbonyl (C=O) groups excluding carboxylic acids is 1. The molecule has 1 saturated heterocycles. The molecule has 0 amide bonds. The largest absolute Gasteiger partial charge is 0.497 e. The Morgan fingerprint density at radius 2 is 1.89 bits per heavy atom. The van der Waals surface area contributed by atoms with Gasteiger partial charge in [0, 0.05) is 49.1 Å². The molecule has 0 unspecified atom stereocenters. The fourth-order valence-electron chi connectivity index (χ4n) is 7.72. The van der Waals surface area contributed by atoms with Crippen LogP contribution < -0.4 is 14.8 Å². The van der Waals surface area contributed by atoms with Crippen molar-refractivity contribution in [3.05, 3.63) is 36.4 Å². The van der Waals surface area contributed by atoms with Crippen LogP contribution in [-0.4, -0.2) is 87.8 Å². The van der Waals surface area contributed by atoms with Gasteiger partial charge >= 0.3 is 5.97 Å². The number of imidazole rings is 1. The number of hydrogen-bond donors (Lipinski definition) is 1. The molecule has 12 heteroatoms. The second-order valence-electron chi connectivity index (χ2n) is 13.8. The van der Waals surface area contributed by atoms with E-state index < -0.39 is 5.79 Å². The van der Waals surface area contributed by atoms with Gasteiger partial charge in [0.2, 0.25) is 0 Å². The molecular weight excluding hydrogens is 600 g/mol. The number of esters is 1. The lowest BCUT2D eigenvalue weighted by Gasteiger charge is -2.46. The van der Waals surface area contributed by atoms with Crippen molar-refractivity contribution in [2.75, 3.05) is 32.7 Å². The number of rotatable bonds is 14. The van der Waals surface area contributed by atoms with Crippen LogP contribution in [0.5, 0.6) is 11.5 Å². The summed E-state index contributed by atoms with van der Waals surface area (Å²) in [7, 11) is 3.29. The molecule has 2 aliphatic carbocycles. The zero-order chi connectivity index (χ0) is 33.3. The van der Waals surface area contributed by atoms with E-state index in [1.807, 2.05) is 45.3 Å². The van der Waals surface area contributed by atoms with Crippen LogP contribution in [0.4, 0.5) is 5.82 Å². The van der Waals surface area contributed by atoms with Crippen LogP contribution >= 0.6 is 0 Å². The smallest absolute Gasteiger partial charge is 0.305 e. The molecule has 3 fully saturated rings. The van der Waals surface area contributed by atoms with Crippen molar-refractivity contribution in [3.8, 4) is 11.5 Å². The summed E-state index contributed by atoms with van der Waals surface area (Å²) in [5, 5.41) is 3.44. The Labute approximate surface area is 277 Å². The van der Waals surface area contributed by atoms with E-state index in [-0.39, 0.29) is 30.1 Å². The number of benzene rings is 1. The number of carbonyl (C=O) groups is 1. The predicted octanol–water partition coefficient (Wildman–Crippen LogP) is 5.37. The fourth-order valence-corrected chi connectivity index (χ4v) is 7.72. The molecule has 12 nitrogen and oxygen atoms in total. The molecular formula is C35H50N6O6. The van der Waals surface area contributed by atoms with Crippen molar-refractivity contribution in [2.45, 2.75) is 109 Å². The van der Waals surface area contributed by atoms with Crippen LogP contribution in [0.15, 0.2) is 30.9 Å². The maximum Gasteiger partial charge on any atom is 0.305 e. The van der Waals surface area contributed by atoms with E-state index >= 15 is 0 Å².